The Morgan fingerprint density at radius 2 is 2.00 bits per heavy atom. The van der Waals surface area contributed by atoms with E-state index >= 15 is 0 Å². The van der Waals surface area contributed by atoms with Gasteiger partial charge in [-0.15, -0.1) is 0 Å². The fourth-order valence-electron chi connectivity index (χ4n) is 2.30. The molecule has 0 amide bonds. The molecule has 1 fully saturated rings. The van der Waals surface area contributed by atoms with Crippen molar-refractivity contribution in [2.45, 2.75) is 45.1 Å². The Labute approximate surface area is 103 Å². The first-order valence-electron chi connectivity index (χ1n) is 6.13. The molecule has 1 nitrogen and oxygen atoms in total. The molecule has 1 aromatic rings. The predicted octanol–water partition coefficient (Wildman–Crippen LogP) is 3.59. The summed E-state index contributed by atoms with van der Waals surface area (Å²) in [7, 11) is 0. The van der Waals surface area contributed by atoms with Crippen LogP contribution in [0.15, 0.2) is 24.3 Å². The summed E-state index contributed by atoms with van der Waals surface area (Å²) in [6.07, 6.45) is 6.61. The standard InChI is InChI=1S/C14H19NS/c1-11-6-5-7-12(10-11)14(16)15-13-8-3-2-4-9-13/h5-7,10,13H,2-4,8-9H2,1H3,(H,15,16). The van der Waals surface area contributed by atoms with Crippen molar-refractivity contribution in [2.24, 2.45) is 0 Å². The number of aryl methyl sites for hydroxylation is 1. The Bertz CT molecular complexity index is 367. The SMILES string of the molecule is Cc1cccc(C(=S)NC2CCCCC2)c1. The molecule has 0 unspecified atom stereocenters. The van der Waals surface area contributed by atoms with Gasteiger partial charge in [0.1, 0.15) is 4.99 Å². The van der Waals surface area contributed by atoms with E-state index in [-0.39, 0.29) is 0 Å². The van der Waals surface area contributed by atoms with Gasteiger partial charge < -0.3 is 5.32 Å². The summed E-state index contributed by atoms with van der Waals surface area (Å²) in [6, 6.07) is 9.01. The van der Waals surface area contributed by atoms with Crippen LogP contribution in [0.3, 0.4) is 0 Å². The fraction of sp³-hybridized carbons (Fsp3) is 0.500. The Kier molecular flexibility index (Phi) is 3.94. The molecule has 0 bridgehead atoms. The number of rotatable bonds is 2. The first-order valence-corrected chi connectivity index (χ1v) is 6.54. The highest BCUT2D eigenvalue weighted by atomic mass is 32.1. The molecule has 2 heteroatoms. The van der Waals surface area contributed by atoms with E-state index in [4.69, 9.17) is 12.2 Å². The minimum Gasteiger partial charge on any atom is -0.373 e. The largest absolute Gasteiger partial charge is 0.373 e. The summed E-state index contributed by atoms with van der Waals surface area (Å²) in [6.45, 7) is 2.10. The molecule has 0 aromatic heterocycles. The van der Waals surface area contributed by atoms with Crippen molar-refractivity contribution < 1.29 is 0 Å². The quantitative estimate of drug-likeness (QED) is 0.783. The van der Waals surface area contributed by atoms with Gasteiger partial charge in [0.25, 0.3) is 0 Å². The van der Waals surface area contributed by atoms with Crippen LogP contribution >= 0.6 is 12.2 Å². The summed E-state index contributed by atoms with van der Waals surface area (Å²) in [5, 5.41) is 3.49. The second-order valence-corrected chi connectivity index (χ2v) is 5.09. The Hall–Kier alpha value is -0.890. The molecule has 0 spiro atoms. The third kappa shape index (κ3) is 3.05. The van der Waals surface area contributed by atoms with Gasteiger partial charge in [-0.1, -0.05) is 55.2 Å². The maximum absolute atomic E-state index is 5.45. The Morgan fingerprint density at radius 3 is 2.69 bits per heavy atom. The molecular formula is C14H19NS. The van der Waals surface area contributed by atoms with E-state index in [1.807, 2.05) is 0 Å². The third-order valence-corrected chi connectivity index (χ3v) is 3.57. The van der Waals surface area contributed by atoms with Crippen molar-refractivity contribution in [3.05, 3.63) is 35.4 Å². The van der Waals surface area contributed by atoms with Gasteiger partial charge >= 0.3 is 0 Å². The van der Waals surface area contributed by atoms with Crippen molar-refractivity contribution in [3.63, 3.8) is 0 Å². The van der Waals surface area contributed by atoms with E-state index in [2.05, 4.69) is 36.5 Å². The number of hydrogen-bond acceptors (Lipinski definition) is 1. The first kappa shape index (κ1) is 11.6. The summed E-state index contributed by atoms with van der Waals surface area (Å²) < 4.78 is 0. The smallest absolute Gasteiger partial charge is 0.106 e. The fourth-order valence-corrected chi connectivity index (χ4v) is 2.60. The summed E-state index contributed by atoms with van der Waals surface area (Å²) in [5.41, 5.74) is 2.42. The minimum atomic E-state index is 0.599. The number of thiocarbonyl (C=S) groups is 1. The Morgan fingerprint density at radius 1 is 1.25 bits per heavy atom. The van der Waals surface area contributed by atoms with Gasteiger partial charge in [-0.3, -0.25) is 0 Å². The van der Waals surface area contributed by atoms with Crippen LogP contribution in [0.5, 0.6) is 0 Å². The van der Waals surface area contributed by atoms with E-state index in [9.17, 15) is 0 Å². The van der Waals surface area contributed by atoms with E-state index in [1.54, 1.807) is 0 Å². The molecule has 0 atom stereocenters. The summed E-state index contributed by atoms with van der Waals surface area (Å²) in [5.74, 6) is 0. The van der Waals surface area contributed by atoms with E-state index in [0.717, 1.165) is 10.6 Å². The van der Waals surface area contributed by atoms with Gasteiger partial charge in [0.2, 0.25) is 0 Å². The molecule has 2 rings (SSSR count). The molecule has 1 aromatic carbocycles. The van der Waals surface area contributed by atoms with Crippen LogP contribution in [0.4, 0.5) is 0 Å². The second-order valence-electron chi connectivity index (χ2n) is 4.68. The molecule has 16 heavy (non-hydrogen) atoms. The summed E-state index contributed by atoms with van der Waals surface area (Å²) >= 11 is 5.45. The molecular weight excluding hydrogens is 214 g/mol. The first-order chi connectivity index (χ1) is 7.75. The number of nitrogens with one attached hydrogen (secondary N) is 1. The predicted molar refractivity (Wildman–Crippen MR) is 72.9 cm³/mol. The molecule has 0 saturated heterocycles. The van der Waals surface area contributed by atoms with Crippen LogP contribution in [0.25, 0.3) is 0 Å². The van der Waals surface area contributed by atoms with Gasteiger partial charge in [0.05, 0.1) is 0 Å². The van der Waals surface area contributed by atoms with E-state index in [1.165, 1.54) is 37.7 Å². The lowest BCUT2D eigenvalue weighted by Gasteiger charge is -2.24. The van der Waals surface area contributed by atoms with Crippen LogP contribution in [0, 0.1) is 6.92 Å². The minimum absolute atomic E-state index is 0.599. The van der Waals surface area contributed by atoms with Crippen LogP contribution < -0.4 is 5.32 Å². The van der Waals surface area contributed by atoms with Gasteiger partial charge in [-0.2, -0.15) is 0 Å². The van der Waals surface area contributed by atoms with Crippen molar-refractivity contribution in [3.8, 4) is 0 Å². The molecule has 0 aliphatic heterocycles. The lowest BCUT2D eigenvalue weighted by molar-refractivity contribution is 0.415. The second kappa shape index (κ2) is 5.44. The van der Waals surface area contributed by atoms with Crippen molar-refractivity contribution >= 4 is 17.2 Å². The molecule has 1 saturated carbocycles. The van der Waals surface area contributed by atoms with Crippen LogP contribution in [0.2, 0.25) is 0 Å². The zero-order valence-corrected chi connectivity index (χ0v) is 10.6. The molecule has 1 N–H and O–H groups in total. The van der Waals surface area contributed by atoms with Crippen molar-refractivity contribution in [1.29, 1.82) is 0 Å². The van der Waals surface area contributed by atoms with Crippen LogP contribution in [0.1, 0.15) is 43.2 Å². The summed E-state index contributed by atoms with van der Waals surface area (Å²) in [4.78, 5) is 0.913. The van der Waals surface area contributed by atoms with Crippen molar-refractivity contribution in [1.82, 2.24) is 5.32 Å². The number of benzene rings is 1. The van der Waals surface area contributed by atoms with E-state index in [0.29, 0.717) is 6.04 Å². The van der Waals surface area contributed by atoms with Gasteiger partial charge in [0.15, 0.2) is 0 Å². The normalized spacial score (nSPS) is 17.1. The number of hydrogen-bond donors (Lipinski definition) is 1. The highest BCUT2D eigenvalue weighted by Gasteiger charge is 2.14. The molecule has 86 valence electrons. The van der Waals surface area contributed by atoms with Crippen LogP contribution in [-0.2, 0) is 0 Å². The van der Waals surface area contributed by atoms with Gasteiger partial charge in [-0.25, -0.2) is 0 Å². The van der Waals surface area contributed by atoms with Crippen molar-refractivity contribution in [2.75, 3.05) is 0 Å². The zero-order valence-electron chi connectivity index (χ0n) is 9.83. The van der Waals surface area contributed by atoms with Gasteiger partial charge in [-0.05, 0) is 25.8 Å². The highest BCUT2D eigenvalue weighted by molar-refractivity contribution is 7.80. The van der Waals surface area contributed by atoms with E-state index < -0.39 is 0 Å². The monoisotopic (exact) mass is 233 g/mol. The Balaban J connectivity index is 1.97. The lowest BCUT2D eigenvalue weighted by Crippen LogP contribution is -2.35. The van der Waals surface area contributed by atoms with Crippen LogP contribution in [-0.4, -0.2) is 11.0 Å². The highest BCUT2D eigenvalue weighted by Crippen LogP contribution is 2.18. The average molecular weight is 233 g/mol. The zero-order chi connectivity index (χ0) is 11.4. The maximum atomic E-state index is 5.45. The molecule has 1 aliphatic rings. The molecule has 0 heterocycles. The topological polar surface area (TPSA) is 12.0 Å². The maximum Gasteiger partial charge on any atom is 0.106 e. The average Bonchev–Trinajstić information content (AvgIpc) is 2.30. The third-order valence-electron chi connectivity index (χ3n) is 3.22. The lowest BCUT2D eigenvalue weighted by atomic mass is 9.95. The molecule has 0 radical (unpaired) electrons. The molecule has 1 aliphatic carbocycles. The van der Waals surface area contributed by atoms with Gasteiger partial charge in [0, 0.05) is 11.6 Å².